The van der Waals surface area contributed by atoms with Crippen LogP contribution in [0.3, 0.4) is 0 Å². The quantitative estimate of drug-likeness (QED) is 0.213. The zero-order valence-corrected chi connectivity index (χ0v) is 21.8. The van der Waals surface area contributed by atoms with Crippen LogP contribution in [0.1, 0.15) is 29.2 Å². The Hall–Kier alpha value is -5.19. The van der Waals surface area contributed by atoms with Gasteiger partial charge >= 0.3 is 6.18 Å². The van der Waals surface area contributed by atoms with E-state index < -0.39 is 11.7 Å². The van der Waals surface area contributed by atoms with Crippen molar-refractivity contribution in [2.45, 2.75) is 18.6 Å². The summed E-state index contributed by atoms with van der Waals surface area (Å²) < 4.78 is 45.0. The van der Waals surface area contributed by atoms with Crippen molar-refractivity contribution in [3.05, 3.63) is 102 Å². The second-order valence-electron chi connectivity index (χ2n) is 9.48. The molecule has 2 aromatic heterocycles. The summed E-state index contributed by atoms with van der Waals surface area (Å²) in [4.78, 5) is 17.5. The molecule has 0 spiro atoms. The maximum atomic E-state index is 13.2. The van der Waals surface area contributed by atoms with Gasteiger partial charge in [0, 0.05) is 29.4 Å². The van der Waals surface area contributed by atoms with E-state index in [0.717, 1.165) is 40.4 Å². The predicted molar refractivity (Wildman–Crippen MR) is 153 cm³/mol. The zero-order chi connectivity index (χ0) is 28.6. The lowest BCUT2D eigenvalue weighted by Crippen LogP contribution is -2.15. The summed E-state index contributed by atoms with van der Waals surface area (Å²) in [5.74, 6) is 1.52. The molecule has 0 amide bonds. The highest BCUT2D eigenvalue weighted by molar-refractivity contribution is 6.04. The molecule has 8 nitrogen and oxygen atoms in total. The van der Waals surface area contributed by atoms with E-state index >= 15 is 0 Å². The van der Waals surface area contributed by atoms with Gasteiger partial charge in [-0.2, -0.15) is 13.2 Å². The number of nitrogen functional groups attached to an aromatic ring is 1. The molecule has 1 aliphatic rings. The van der Waals surface area contributed by atoms with Gasteiger partial charge in [-0.25, -0.2) is 15.0 Å². The van der Waals surface area contributed by atoms with Crippen molar-refractivity contribution >= 4 is 45.3 Å². The summed E-state index contributed by atoms with van der Waals surface area (Å²) in [6.07, 6.45) is -1.05. The Morgan fingerprint density at radius 1 is 0.976 bits per heavy atom. The highest BCUT2D eigenvalue weighted by atomic mass is 19.4. The van der Waals surface area contributed by atoms with Crippen molar-refractivity contribution in [1.29, 1.82) is 0 Å². The molecule has 0 saturated carbocycles. The topological polar surface area (TPSA) is 110 Å². The Balaban J connectivity index is 1.34. The van der Waals surface area contributed by atoms with Crippen molar-refractivity contribution < 1.29 is 17.9 Å². The van der Waals surface area contributed by atoms with Crippen molar-refractivity contribution in [1.82, 2.24) is 15.0 Å². The number of benzene rings is 3. The number of aromatic nitrogens is 3. The van der Waals surface area contributed by atoms with Crippen LogP contribution in [0.4, 0.5) is 41.9 Å². The summed E-state index contributed by atoms with van der Waals surface area (Å²) >= 11 is 0. The average Bonchev–Trinajstić information content (AvgIpc) is 3.18. The van der Waals surface area contributed by atoms with Crippen LogP contribution >= 0.6 is 0 Å². The second-order valence-corrected chi connectivity index (χ2v) is 9.48. The number of methoxy groups -OCH3 is 1. The lowest BCUT2D eigenvalue weighted by Gasteiger charge is -2.20. The third kappa shape index (κ3) is 5.33. The molecule has 0 radical (unpaired) electrons. The standard InChI is InChI=1S/C30H24F3N7O/c1-41-21-8-5-17(6-9-21)24-15-25(40-29-27(39-24)28(34)36-16-37-29)18-3-2-4-20(13-18)38-23-11-12-35-26-14-19(30(31,32)33)7-10-22(23)26/h2-14,16,25H,15H2,1H3,(H,35,38)(H3,34,36,37,40). The first-order chi connectivity index (χ1) is 19.8. The van der Waals surface area contributed by atoms with E-state index in [9.17, 15) is 13.2 Å². The van der Waals surface area contributed by atoms with Crippen LogP contribution in [0, 0.1) is 0 Å². The number of alkyl halides is 3. The Bertz CT molecular complexity index is 1770. The van der Waals surface area contributed by atoms with Gasteiger partial charge in [-0.15, -0.1) is 0 Å². The highest BCUT2D eigenvalue weighted by Crippen LogP contribution is 2.38. The molecule has 11 heteroatoms. The fourth-order valence-electron chi connectivity index (χ4n) is 4.79. The minimum absolute atomic E-state index is 0.225. The molecule has 6 rings (SSSR count). The number of fused-ring (bicyclic) bond motifs is 2. The molecular weight excluding hydrogens is 531 g/mol. The fourth-order valence-corrected chi connectivity index (χ4v) is 4.79. The van der Waals surface area contributed by atoms with Crippen molar-refractivity contribution in [2.75, 3.05) is 23.5 Å². The minimum Gasteiger partial charge on any atom is -0.497 e. The second kappa shape index (κ2) is 10.4. The van der Waals surface area contributed by atoms with Gasteiger partial charge in [0.1, 0.15) is 17.8 Å². The molecule has 1 aliphatic heterocycles. The first kappa shape index (κ1) is 26.1. The third-order valence-corrected chi connectivity index (χ3v) is 6.87. The van der Waals surface area contributed by atoms with Crippen LogP contribution in [-0.4, -0.2) is 27.8 Å². The number of halogens is 3. The lowest BCUT2D eigenvalue weighted by molar-refractivity contribution is -0.137. The molecule has 3 aromatic carbocycles. The van der Waals surface area contributed by atoms with Gasteiger partial charge < -0.3 is 21.1 Å². The molecule has 0 aliphatic carbocycles. The summed E-state index contributed by atoms with van der Waals surface area (Å²) in [7, 11) is 1.61. The molecule has 0 bridgehead atoms. The normalized spacial score (nSPS) is 14.9. The Kier molecular flexibility index (Phi) is 6.62. The van der Waals surface area contributed by atoms with Crippen LogP contribution in [-0.2, 0) is 6.18 Å². The number of rotatable bonds is 5. The Labute approximate surface area is 233 Å². The van der Waals surface area contributed by atoms with Crippen LogP contribution < -0.4 is 21.1 Å². The summed E-state index contributed by atoms with van der Waals surface area (Å²) in [6.45, 7) is 0. The SMILES string of the molecule is COc1ccc(C2=Nc3c(N)ncnc3NC(c3cccc(Nc4ccnc5cc(C(F)(F)F)ccc45)c3)C2)cc1. The number of hydrogen-bond acceptors (Lipinski definition) is 8. The molecule has 206 valence electrons. The Morgan fingerprint density at radius 2 is 1.80 bits per heavy atom. The first-order valence-electron chi connectivity index (χ1n) is 12.7. The van der Waals surface area contributed by atoms with Crippen molar-refractivity contribution in [3.8, 4) is 5.75 Å². The highest BCUT2D eigenvalue weighted by Gasteiger charge is 2.30. The molecule has 5 aromatic rings. The number of anilines is 4. The number of nitrogens with two attached hydrogens (primary N) is 1. The molecule has 3 heterocycles. The van der Waals surface area contributed by atoms with E-state index in [-0.39, 0.29) is 17.4 Å². The lowest BCUT2D eigenvalue weighted by atomic mass is 9.97. The number of aliphatic imine (C=N–C) groups is 1. The van der Waals surface area contributed by atoms with E-state index in [0.29, 0.717) is 29.0 Å². The van der Waals surface area contributed by atoms with Gasteiger partial charge in [0.15, 0.2) is 11.6 Å². The molecule has 4 N–H and O–H groups in total. The van der Waals surface area contributed by atoms with Gasteiger partial charge in [0.25, 0.3) is 0 Å². The third-order valence-electron chi connectivity index (χ3n) is 6.87. The van der Waals surface area contributed by atoms with E-state index in [2.05, 4.69) is 25.6 Å². The molecule has 0 saturated heterocycles. The first-order valence-corrected chi connectivity index (χ1v) is 12.7. The zero-order valence-electron chi connectivity index (χ0n) is 21.8. The summed E-state index contributed by atoms with van der Waals surface area (Å²) in [6, 6.07) is 20.5. The monoisotopic (exact) mass is 555 g/mol. The largest absolute Gasteiger partial charge is 0.497 e. The fraction of sp³-hybridized carbons (Fsp3) is 0.133. The van der Waals surface area contributed by atoms with E-state index in [1.165, 1.54) is 18.6 Å². The van der Waals surface area contributed by atoms with Crippen LogP contribution in [0.5, 0.6) is 5.75 Å². The van der Waals surface area contributed by atoms with Gasteiger partial charge in [-0.1, -0.05) is 18.2 Å². The van der Waals surface area contributed by atoms with Crippen LogP contribution in [0.25, 0.3) is 10.9 Å². The number of hydrogen-bond donors (Lipinski definition) is 3. The molecule has 41 heavy (non-hydrogen) atoms. The van der Waals surface area contributed by atoms with Crippen LogP contribution in [0.2, 0.25) is 0 Å². The van der Waals surface area contributed by atoms with Crippen molar-refractivity contribution in [3.63, 3.8) is 0 Å². The number of nitrogens with one attached hydrogen (secondary N) is 2. The van der Waals surface area contributed by atoms with Gasteiger partial charge in [-0.3, -0.25) is 4.98 Å². The predicted octanol–water partition coefficient (Wildman–Crippen LogP) is 7.06. The Morgan fingerprint density at radius 3 is 2.59 bits per heavy atom. The maximum absolute atomic E-state index is 13.2. The molecular formula is C30H24F3N7O. The number of pyridine rings is 1. The minimum atomic E-state index is -4.44. The van der Waals surface area contributed by atoms with Gasteiger partial charge in [-0.05, 0) is 65.7 Å². The maximum Gasteiger partial charge on any atom is 0.416 e. The smallest absolute Gasteiger partial charge is 0.416 e. The number of ether oxygens (including phenoxy) is 1. The van der Waals surface area contributed by atoms with Gasteiger partial charge in [0.05, 0.1) is 29.9 Å². The van der Waals surface area contributed by atoms with Crippen molar-refractivity contribution in [2.24, 2.45) is 4.99 Å². The molecule has 1 unspecified atom stereocenters. The molecule has 1 atom stereocenters. The summed E-state index contributed by atoms with van der Waals surface area (Å²) in [5, 5.41) is 7.39. The van der Waals surface area contributed by atoms with E-state index in [4.69, 9.17) is 15.5 Å². The van der Waals surface area contributed by atoms with E-state index in [1.54, 1.807) is 13.2 Å². The summed E-state index contributed by atoms with van der Waals surface area (Å²) in [5.41, 5.74) is 10.2. The van der Waals surface area contributed by atoms with E-state index in [1.807, 2.05) is 48.5 Å². The van der Waals surface area contributed by atoms with Gasteiger partial charge in [0.2, 0.25) is 0 Å². The molecule has 0 fully saturated rings. The van der Waals surface area contributed by atoms with Crippen LogP contribution in [0.15, 0.2) is 90.3 Å². The number of nitrogens with zero attached hydrogens (tertiary/aromatic N) is 4. The average molecular weight is 556 g/mol.